The van der Waals surface area contributed by atoms with Gasteiger partial charge < -0.3 is 15.1 Å². The van der Waals surface area contributed by atoms with Crippen LogP contribution in [-0.4, -0.2) is 18.4 Å². The van der Waals surface area contributed by atoms with Crippen LogP contribution in [0.1, 0.15) is 29.1 Å². The second-order valence-electron chi connectivity index (χ2n) is 5.67. The summed E-state index contributed by atoms with van der Waals surface area (Å²) in [5.41, 5.74) is 1.22. The van der Waals surface area contributed by atoms with Crippen molar-refractivity contribution in [3.8, 4) is 0 Å². The van der Waals surface area contributed by atoms with E-state index in [9.17, 15) is 9.59 Å². The van der Waals surface area contributed by atoms with E-state index in [1.807, 2.05) is 37.3 Å². The first kappa shape index (κ1) is 17.0. The second kappa shape index (κ2) is 7.40. The van der Waals surface area contributed by atoms with E-state index in [1.54, 1.807) is 24.3 Å². The number of nitrogens with one attached hydrogen (secondary N) is 2. The fourth-order valence-corrected chi connectivity index (χ4v) is 2.57. The lowest BCUT2D eigenvalue weighted by Gasteiger charge is -2.12. The SMILES string of the molecule is C[C@H](NC(=O)CNC(=O)c1ccc(Cl)cc1)c1cc2ccccc2o1. The molecule has 5 nitrogen and oxygen atoms in total. The predicted octanol–water partition coefficient (Wildman–Crippen LogP) is 3.69. The quantitative estimate of drug-likeness (QED) is 0.732. The number of amides is 2. The van der Waals surface area contributed by atoms with E-state index < -0.39 is 0 Å². The normalized spacial score (nSPS) is 11.9. The summed E-state index contributed by atoms with van der Waals surface area (Å²) in [6, 6.07) is 15.7. The summed E-state index contributed by atoms with van der Waals surface area (Å²) in [6.45, 7) is 1.71. The van der Waals surface area contributed by atoms with Gasteiger partial charge in [0.15, 0.2) is 0 Å². The third-order valence-corrected chi connectivity index (χ3v) is 4.02. The molecule has 0 spiro atoms. The van der Waals surface area contributed by atoms with Crippen molar-refractivity contribution in [2.75, 3.05) is 6.54 Å². The molecular weight excluding hydrogens is 340 g/mol. The largest absolute Gasteiger partial charge is 0.459 e. The maximum absolute atomic E-state index is 12.0. The molecule has 0 bridgehead atoms. The lowest BCUT2D eigenvalue weighted by molar-refractivity contribution is -0.120. The average molecular weight is 357 g/mol. The minimum Gasteiger partial charge on any atom is -0.459 e. The Morgan fingerprint density at radius 3 is 2.56 bits per heavy atom. The molecule has 2 amide bonds. The molecule has 1 heterocycles. The van der Waals surface area contributed by atoms with Crippen molar-refractivity contribution in [3.05, 3.63) is 70.9 Å². The molecule has 0 saturated heterocycles. The minimum atomic E-state index is -0.330. The number of halogens is 1. The summed E-state index contributed by atoms with van der Waals surface area (Å²) in [6.07, 6.45) is 0. The van der Waals surface area contributed by atoms with E-state index in [0.717, 1.165) is 11.0 Å². The summed E-state index contributed by atoms with van der Waals surface area (Å²) in [5, 5.41) is 6.91. The van der Waals surface area contributed by atoms with Crippen LogP contribution in [0, 0.1) is 0 Å². The standard InChI is InChI=1S/C19H17ClN2O3/c1-12(17-10-14-4-2-3-5-16(14)25-17)22-18(23)11-21-19(24)13-6-8-15(20)9-7-13/h2-10,12H,11H2,1H3,(H,21,24)(H,22,23)/t12-/m0/s1. The van der Waals surface area contributed by atoms with Crippen LogP contribution >= 0.6 is 11.6 Å². The smallest absolute Gasteiger partial charge is 0.251 e. The molecular formula is C19H17ClN2O3. The number of para-hydroxylation sites is 1. The molecule has 3 rings (SSSR count). The number of hydrogen-bond acceptors (Lipinski definition) is 3. The number of fused-ring (bicyclic) bond motifs is 1. The van der Waals surface area contributed by atoms with Gasteiger partial charge in [-0.3, -0.25) is 9.59 Å². The van der Waals surface area contributed by atoms with Crippen molar-refractivity contribution in [3.63, 3.8) is 0 Å². The lowest BCUT2D eigenvalue weighted by atomic mass is 10.2. The van der Waals surface area contributed by atoms with E-state index >= 15 is 0 Å². The topological polar surface area (TPSA) is 71.3 Å². The Balaban J connectivity index is 1.54. The maximum Gasteiger partial charge on any atom is 0.251 e. The molecule has 2 N–H and O–H groups in total. The van der Waals surface area contributed by atoms with Gasteiger partial charge in [0.25, 0.3) is 5.91 Å². The van der Waals surface area contributed by atoms with Gasteiger partial charge in [0.05, 0.1) is 12.6 Å². The van der Waals surface area contributed by atoms with Crippen LogP contribution < -0.4 is 10.6 Å². The third-order valence-electron chi connectivity index (χ3n) is 3.76. The third kappa shape index (κ3) is 4.19. The summed E-state index contributed by atoms with van der Waals surface area (Å²) < 4.78 is 5.72. The number of rotatable bonds is 5. The number of carbonyl (C=O) groups is 2. The van der Waals surface area contributed by atoms with Crippen molar-refractivity contribution in [2.24, 2.45) is 0 Å². The highest BCUT2D eigenvalue weighted by atomic mass is 35.5. The van der Waals surface area contributed by atoms with E-state index in [1.165, 1.54) is 0 Å². The molecule has 1 atom stereocenters. The summed E-state index contributed by atoms with van der Waals surface area (Å²) in [7, 11) is 0. The van der Waals surface area contributed by atoms with E-state index in [-0.39, 0.29) is 24.4 Å². The Bertz CT molecular complexity index is 869. The zero-order chi connectivity index (χ0) is 17.8. The second-order valence-corrected chi connectivity index (χ2v) is 6.10. The van der Waals surface area contributed by atoms with Gasteiger partial charge in [0.2, 0.25) is 5.91 Å². The molecule has 2 aromatic carbocycles. The molecule has 0 aliphatic heterocycles. The van der Waals surface area contributed by atoms with Gasteiger partial charge >= 0.3 is 0 Å². The molecule has 0 aliphatic carbocycles. The zero-order valence-electron chi connectivity index (χ0n) is 13.6. The summed E-state index contributed by atoms with van der Waals surface area (Å²) in [5.74, 6) is 0.0389. The van der Waals surface area contributed by atoms with Crippen molar-refractivity contribution in [1.82, 2.24) is 10.6 Å². The molecule has 3 aromatic rings. The summed E-state index contributed by atoms with van der Waals surface area (Å²) in [4.78, 5) is 24.0. The van der Waals surface area contributed by atoms with Crippen LogP contribution in [0.4, 0.5) is 0 Å². The van der Waals surface area contributed by atoms with E-state index in [4.69, 9.17) is 16.0 Å². The van der Waals surface area contributed by atoms with Gasteiger partial charge in [-0.15, -0.1) is 0 Å². The van der Waals surface area contributed by atoms with Crippen molar-refractivity contribution >= 4 is 34.4 Å². The average Bonchev–Trinajstić information content (AvgIpc) is 3.04. The van der Waals surface area contributed by atoms with Gasteiger partial charge in [-0.25, -0.2) is 0 Å². The Morgan fingerprint density at radius 1 is 1.12 bits per heavy atom. The Labute approximate surface area is 150 Å². The van der Waals surface area contributed by atoms with Crippen LogP contribution in [0.2, 0.25) is 5.02 Å². The van der Waals surface area contributed by atoms with Crippen LogP contribution in [0.5, 0.6) is 0 Å². The predicted molar refractivity (Wildman–Crippen MR) is 96.6 cm³/mol. The minimum absolute atomic E-state index is 0.119. The molecule has 0 fully saturated rings. The van der Waals surface area contributed by atoms with Crippen molar-refractivity contribution in [2.45, 2.75) is 13.0 Å². The lowest BCUT2D eigenvalue weighted by Crippen LogP contribution is -2.37. The van der Waals surface area contributed by atoms with Gasteiger partial charge in [0.1, 0.15) is 11.3 Å². The first-order valence-corrected chi connectivity index (χ1v) is 8.22. The van der Waals surface area contributed by atoms with Gasteiger partial charge in [-0.1, -0.05) is 29.8 Å². The van der Waals surface area contributed by atoms with Crippen molar-refractivity contribution in [1.29, 1.82) is 0 Å². The van der Waals surface area contributed by atoms with Gasteiger partial charge in [-0.05, 0) is 43.3 Å². The molecule has 0 saturated carbocycles. The van der Waals surface area contributed by atoms with Crippen LogP contribution in [0.15, 0.2) is 59.0 Å². The Kier molecular flexibility index (Phi) is 5.05. The number of carbonyl (C=O) groups excluding carboxylic acids is 2. The van der Waals surface area contributed by atoms with Crippen LogP contribution in [0.25, 0.3) is 11.0 Å². The number of hydrogen-bond donors (Lipinski definition) is 2. The Morgan fingerprint density at radius 2 is 1.84 bits per heavy atom. The molecule has 25 heavy (non-hydrogen) atoms. The highest BCUT2D eigenvalue weighted by molar-refractivity contribution is 6.30. The van der Waals surface area contributed by atoms with Crippen molar-refractivity contribution < 1.29 is 14.0 Å². The highest BCUT2D eigenvalue weighted by Crippen LogP contribution is 2.23. The number of furan rings is 1. The summed E-state index contributed by atoms with van der Waals surface area (Å²) >= 11 is 5.78. The van der Waals surface area contributed by atoms with Crippen LogP contribution in [-0.2, 0) is 4.79 Å². The molecule has 128 valence electrons. The Hall–Kier alpha value is -2.79. The van der Waals surface area contributed by atoms with Gasteiger partial charge in [0, 0.05) is 16.0 Å². The first-order chi connectivity index (χ1) is 12.0. The zero-order valence-corrected chi connectivity index (χ0v) is 14.3. The fourth-order valence-electron chi connectivity index (χ4n) is 2.44. The molecule has 0 radical (unpaired) electrons. The molecule has 6 heteroatoms. The monoisotopic (exact) mass is 356 g/mol. The van der Waals surface area contributed by atoms with Crippen LogP contribution in [0.3, 0.4) is 0 Å². The van der Waals surface area contributed by atoms with E-state index in [2.05, 4.69) is 10.6 Å². The fraction of sp³-hybridized carbons (Fsp3) is 0.158. The maximum atomic E-state index is 12.0. The highest BCUT2D eigenvalue weighted by Gasteiger charge is 2.15. The first-order valence-electron chi connectivity index (χ1n) is 7.84. The molecule has 0 unspecified atom stereocenters. The van der Waals surface area contributed by atoms with Gasteiger partial charge in [-0.2, -0.15) is 0 Å². The molecule has 0 aliphatic rings. The van der Waals surface area contributed by atoms with E-state index in [0.29, 0.717) is 16.3 Å². The number of benzene rings is 2. The molecule has 1 aromatic heterocycles.